The first-order chi connectivity index (χ1) is 15.9. The first-order valence-electron chi connectivity index (χ1n) is 11.0. The second-order valence-corrected chi connectivity index (χ2v) is 10.9. The molecule has 0 amide bonds. The van der Waals surface area contributed by atoms with Crippen molar-refractivity contribution in [1.29, 1.82) is 0 Å². The summed E-state index contributed by atoms with van der Waals surface area (Å²) in [4.78, 5) is 19.1. The fraction of sp³-hybridized carbons (Fsp3) is 0.391. The van der Waals surface area contributed by atoms with Crippen molar-refractivity contribution >= 4 is 40.1 Å². The van der Waals surface area contributed by atoms with Gasteiger partial charge in [-0.3, -0.25) is 0 Å². The van der Waals surface area contributed by atoms with Crippen LogP contribution in [0.4, 0.5) is 5.82 Å². The zero-order chi connectivity index (χ0) is 23.0. The van der Waals surface area contributed by atoms with Crippen molar-refractivity contribution in [3.63, 3.8) is 0 Å². The first kappa shape index (κ1) is 22.1. The quantitative estimate of drug-likeness (QED) is 0.375. The summed E-state index contributed by atoms with van der Waals surface area (Å²) >= 11 is 3.23. The van der Waals surface area contributed by atoms with Gasteiger partial charge in [-0.1, -0.05) is 11.8 Å². The van der Waals surface area contributed by atoms with Crippen molar-refractivity contribution in [3.8, 4) is 16.3 Å². The molecule has 8 nitrogen and oxygen atoms in total. The number of hydrogen-bond donors (Lipinski definition) is 2. The molecular formula is C23H27N7OS2. The summed E-state index contributed by atoms with van der Waals surface area (Å²) in [5, 5.41) is 7.37. The molecule has 5 rings (SSSR count). The van der Waals surface area contributed by atoms with Gasteiger partial charge in [0.25, 0.3) is 0 Å². The molecule has 0 radical (unpaired) electrons. The van der Waals surface area contributed by atoms with Gasteiger partial charge in [-0.05, 0) is 51.4 Å². The third kappa shape index (κ3) is 4.68. The number of nitrogen functional groups attached to an aromatic ring is 1. The highest BCUT2D eigenvalue weighted by Crippen LogP contribution is 2.42. The number of benzene rings is 1. The number of imidazole rings is 1. The van der Waals surface area contributed by atoms with Crippen molar-refractivity contribution in [2.75, 3.05) is 18.9 Å². The summed E-state index contributed by atoms with van der Waals surface area (Å²) in [5.41, 5.74) is 9.95. The van der Waals surface area contributed by atoms with Gasteiger partial charge in [0.05, 0.1) is 6.61 Å². The minimum Gasteiger partial charge on any atom is -0.493 e. The van der Waals surface area contributed by atoms with E-state index in [4.69, 9.17) is 15.5 Å². The molecule has 10 heteroatoms. The Bertz CT molecular complexity index is 1280. The van der Waals surface area contributed by atoms with Crippen LogP contribution in [0.1, 0.15) is 32.8 Å². The maximum Gasteiger partial charge on any atom is 0.175 e. The van der Waals surface area contributed by atoms with Gasteiger partial charge in [-0.2, -0.15) is 0 Å². The Morgan fingerprint density at radius 3 is 2.91 bits per heavy atom. The van der Waals surface area contributed by atoms with Crippen LogP contribution < -0.4 is 15.8 Å². The lowest BCUT2D eigenvalue weighted by Gasteiger charge is -2.20. The maximum absolute atomic E-state index is 6.15. The Labute approximate surface area is 201 Å². The summed E-state index contributed by atoms with van der Waals surface area (Å²) in [6, 6.07) is 4.32. The molecule has 0 saturated carbocycles. The van der Waals surface area contributed by atoms with Gasteiger partial charge in [0, 0.05) is 40.5 Å². The molecule has 172 valence electrons. The summed E-state index contributed by atoms with van der Waals surface area (Å²) in [7, 11) is 0. The molecule has 0 unspecified atom stereocenters. The molecule has 3 aromatic heterocycles. The van der Waals surface area contributed by atoms with Crippen LogP contribution in [-0.4, -0.2) is 43.2 Å². The van der Waals surface area contributed by atoms with Crippen LogP contribution in [0.3, 0.4) is 0 Å². The lowest BCUT2D eigenvalue weighted by Crippen LogP contribution is -2.36. The molecule has 33 heavy (non-hydrogen) atoms. The van der Waals surface area contributed by atoms with Crippen molar-refractivity contribution < 1.29 is 4.74 Å². The van der Waals surface area contributed by atoms with Gasteiger partial charge in [0.15, 0.2) is 22.1 Å². The standard InChI is InChI=1S/C23H27N7OS2/c1-23(2,3)28-6-4-8-30-20-18(19(24)26-13-27-20)29-22(30)33-17-12-16-14(5-9-31-16)11-15(17)21-25-7-10-32-21/h7,10-13,28H,4-6,8-9H2,1-3H3,(H2,24,26,27). The average molecular weight is 482 g/mol. The normalized spacial score (nSPS) is 13.4. The zero-order valence-electron chi connectivity index (χ0n) is 19.0. The van der Waals surface area contributed by atoms with Crippen molar-refractivity contribution in [2.24, 2.45) is 0 Å². The van der Waals surface area contributed by atoms with E-state index in [1.54, 1.807) is 23.1 Å². The lowest BCUT2D eigenvalue weighted by atomic mass is 10.1. The monoisotopic (exact) mass is 481 g/mol. The molecule has 1 aliphatic rings. The molecule has 0 spiro atoms. The lowest BCUT2D eigenvalue weighted by molar-refractivity contribution is 0.356. The number of aromatic nitrogens is 5. The Hall–Kier alpha value is -2.69. The number of anilines is 1. The van der Waals surface area contributed by atoms with E-state index < -0.39 is 0 Å². The van der Waals surface area contributed by atoms with Crippen LogP contribution in [0.2, 0.25) is 0 Å². The molecule has 3 N–H and O–H groups in total. The minimum absolute atomic E-state index is 0.0776. The fourth-order valence-corrected chi connectivity index (χ4v) is 5.61. The number of nitrogens with two attached hydrogens (primary N) is 1. The molecule has 1 aliphatic heterocycles. The molecule has 0 saturated heterocycles. The van der Waals surface area contributed by atoms with E-state index >= 15 is 0 Å². The van der Waals surface area contributed by atoms with Crippen molar-refractivity contribution in [2.45, 2.75) is 55.7 Å². The van der Waals surface area contributed by atoms with E-state index in [0.717, 1.165) is 58.0 Å². The van der Waals surface area contributed by atoms with Gasteiger partial charge in [-0.25, -0.2) is 19.9 Å². The minimum atomic E-state index is 0.0776. The predicted molar refractivity (Wildman–Crippen MR) is 133 cm³/mol. The van der Waals surface area contributed by atoms with Gasteiger partial charge in [0.1, 0.15) is 17.1 Å². The Balaban J connectivity index is 1.52. The zero-order valence-corrected chi connectivity index (χ0v) is 20.6. The van der Waals surface area contributed by atoms with Crippen LogP contribution in [0.25, 0.3) is 21.7 Å². The maximum atomic E-state index is 6.15. The van der Waals surface area contributed by atoms with Gasteiger partial charge in [0.2, 0.25) is 0 Å². The highest BCUT2D eigenvalue weighted by molar-refractivity contribution is 7.99. The van der Waals surface area contributed by atoms with Crippen LogP contribution in [-0.2, 0) is 13.0 Å². The van der Waals surface area contributed by atoms with E-state index in [0.29, 0.717) is 17.9 Å². The van der Waals surface area contributed by atoms with Crippen molar-refractivity contribution in [1.82, 2.24) is 29.8 Å². The second-order valence-electron chi connectivity index (χ2n) is 9.00. The molecule has 4 aromatic rings. The highest BCUT2D eigenvalue weighted by Gasteiger charge is 2.22. The van der Waals surface area contributed by atoms with Crippen molar-refractivity contribution in [3.05, 3.63) is 35.6 Å². The predicted octanol–water partition coefficient (Wildman–Crippen LogP) is 4.40. The average Bonchev–Trinajstić information content (AvgIpc) is 3.51. The molecule has 0 fully saturated rings. The number of ether oxygens (including phenoxy) is 1. The smallest absolute Gasteiger partial charge is 0.175 e. The van der Waals surface area contributed by atoms with Crippen LogP contribution in [0.15, 0.2) is 40.1 Å². The Kier molecular flexibility index (Phi) is 5.98. The summed E-state index contributed by atoms with van der Waals surface area (Å²) < 4.78 is 8.00. The number of nitrogens with one attached hydrogen (secondary N) is 1. The summed E-state index contributed by atoms with van der Waals surface area (Å²) in [6.07, 6.45) is 5.20. The highest BCUT2D eigenvalue weighted by atomic mass is 32.2. The van der Waals surface area contributed by atoms with Crippen LogP contribution >= 0.6 is 23.1 Å². The molecule has 0 atom stereocenters. The SMILES string of the molecule is CC(C)(C)NCCCn1c(Sc2cc3c(cc2-c2nccs2)CCO3)nc2c(N)ncnc21. The Morgan fingerprint density at radius 2 is 2.12 bits per heavy atom. The van der Waals surface area contributed by atoms with E-state index in [1.807, 2.05) is 11.6 Å². The molecule has 0 bridgehead atoms. The van der Waals surface area contributed by atoms with E-state index in [2.05, 4.69) is 57.7 Å². The van der Waals surface area contributed by atoms with E-state index in [1.165, 1.54) is 11.9 Å². The van der Waals surface area contributed by atoms with E-state index in [-0.39, 0.29) is 5.54 Å². The largest absolute Gasteiger partial charge is 0.493 e. The number of hydrogen-bond acceptors (Lipinski definition) is 9. The third-order valence-electron chi connectivity index (χ3n) is 5.39. The molecule has 4 heterocycles. The topological polar surface area (TPSA) is 104 Å². The number of fused-ring (bicyclic) bond motifs is 2. The molecule has 0 aliphatic carbocycles. The van der Waals surface area contributed by atoms with E-state index in [9.17, 15) is 0 Å². The number of nitrogens with zero attached hydrogens (tertiary/aromatic N) is 5. The Morgan fingerprint density at radius 1 is 1.24 bits per heavy atom. The fourth-order valence-electron chi connectivity index (χ4n) is 3.83. The van der Waals surface area contributed by atoms with Gasteiger partial charge in [-0.15, -0.1) is 11.3 Å². The summed E-state index contributed by atoms with van der Waals surface area (Å²) in [6.45, 7) is 8.89. The van der Waals surface area contributed by atoms with Gasteiger partial charge >= 0.3 is 0 Å². The number of aryl methyl sites for hydroxylation is 1. The van der Waals surface area contributed by atoms with Crippen LogP contribution in [0, 0.1) is 0 Å². The first-order valence-corrected chi connectivity index (χ1v) is 12.7. The number of rotatable bonds is 7. The molecule has 1 aromatic carbocycles. The summed E-state index contributed by atoms with van der Waals surface area (Å²) in [5.74, 6) is 1.33. The third-order valence-corrected chi connectivity index (χ3v) is 7.25. The van der Waals surface area contributed by atoms with Gasteiger partial charge < -0.3 is 20.4 Å². The number of thiazole rings is 1. The second kappa shape index (κ2) is 8.92. The molecular weight excluding hydrogens is 454 g/mol. The van der Waals surface area contributed by atoms with Crippen LogP contribution in [0.5, 0.6) is 5.75 Å².